The number of rotatable bonds is 2. The number of amides is 2. The van der Waals surface area contributed by atoms with Crippen molar-refractivity contribution in [3.8, 4) is 0 Å². The van der Waals surface area contributed by atoms with Crippen LogP contribution in [-0.4, -0.2) is 58.4 Å². The van der Waals surface area contributed by atoms with E-state index in [-0.39, 0.29) is 18.0 Å². The lowest BCUT2D eigenvalue weighted by Crippen LogP contribution is -2.46. The van der Waals surface area contributed by atoms with Crippen molar-refractivity contribution < 1.29 is 14.3 Å². The topological polar surface area (TPSA) is 49.9 Å². The summed E-state index contributed by atoms with van der Waals surface area (Å²) in [4.78, 5) is 28.3. The van der Waals surface area contributed by atoms with Crippen LogP contribution >= 0.6 is 15.9 Å². The van der Waals surface area contributed by atoms with E-state index in [0.29, 0.717) is 18.9 Å². The molecule has 6 heteroatoms. The van der Waals surface area contributed by atoms with E-state index in [1.54, 1.807) is 4.90 Å². The molecule has 2 saturated heterocycles. The van der Waals surface area contributed by atoms with Crippen molar-refractivity contribution in [1.82, 2.24) is 9.80 Å². The number of likely N-dealkylation sites (tertiary alicyclic amines) is 2. The molecular formula is C16H27BrN2O3. The highest BCUT2D eigenvalue weighted by Crippen LogP contribution is 2.26. The zero-order valence-corrected chi connectivity index (χ0v) is 15.4. The van der Waals surface area contributed by atoms with E-state index >= 15 is 0 Å². The lowest BCUT2D eigenvalue weighted by Gasteiger charge is -2.32. The maximum atomic E-state index is 12.3. The first-order valence-corrected chi connectivity index (χ1v) is 9.25. The Bertz CT molecular complexity index is 422. The molecule has 0 aromatic rings. The van der Waals surface area contributed by atoms with Gasteiger partial charge in [0.2, 0.25) is 5.91 Å². The Kier molecular flexibility index (Phi) is 5.75. The third-order valence-electron chi connectivity index (χ3n) is 4.20. The van der Waals surface area contributed by atoms with Crippen LogP contribution in [0.4, 0.5) is 4.79 Å². The standard InChI is InChI=1S/C16H27BrN2O3/c1-16(2,3)22-15(21)18-7-5-4-6-13(11-18)19-10-12(9-17)8-14(19)20/h12-13H,4-11H2,1-3H3. The van der Waals surface area contributed by atoms with Crippen LogP contribution in [0.15, 0.2) is 0 Å². The normalized spacial score (nSPS) is 27.0. The van der Waals surface area contributed by atoms with Crippen LogP contribution in [0.5, 0.6) is 0 Å². The quantitative estimate of drug-likeness (QED) is 0.698. The van der Waals surface area contributed by atoms with Gasteiger partial charge in [0, 0.05) is 37.4 Å². The Hall–Kier alpha value is -0.780. The summed E-state index contributed by atoms with van der Waals surface area (Å²) in [5.74, 6) is 0.617. The minimum atomic E-state index is -0.483. The van der Waals surface area contributed by atoms with Crippen molar-refractivity contribution >= 4 is 27.9 Å². The molecule has 126 valence electrons. The summed E-state index contributed by atoms with van der Waals surface area (Å²) in [5, 5.41) is 0.859. The number of alkyl halides is 1. The Morgan fingerprint density at radius 2 is 2.05 bits per heavy atom. The molecule has 0 aromatic carbocycles. The van der Waals surface area contributed by atoms with E-state index < -0.39 is 5.60 Å². The minimum Gasteiger partial charge on any atom is -0.444 e. The smallest absolute Gasteiger partial charge is 0.410 e. The fraction of sp³-hybridized carbons (Fsp3) is 0.875. The van der Waals surface area contributed by atoms with Crippen LogP contribution in [-0.2, 0) is 9.53 Å². The van der Waals surface area contributed by atoms with Gasteiger partial charge in [0.25, 0.3) is 0 Å². The molecule has 5 nitrogen and oxygen atoms in total. The van der Waals surface area contributed by atoms with Crippen molar-refractivity contribution in [2.24, 2.45) is 5.92 Å². The van der Waals surface area contributed by atoms with Gasteiger partial charge in [0.15, 0.2) is 0 Å². The largest absolute Gasteiger partial charge is 0.444 e. The summed E-state index contributed by atoms with van der Waals surface area (Å²) in [7, 11) is 0. The molecule has 0 aromatic heterocycles. The first-order valence-electron chi connectivity index (χ1n) is 8.13. The molecule has 0 radical (unpaired) electrons. The maximum Gasteiger partial charge on any atom is 0.410 e. The van der Waals surface area contributed by atoms with Crippen LogP contribution in [0.1, 0.15) is 46.5 Å². The molecule has 2 aliphatic heterocycles. The molecule has 0 N–H and O–H groups in total. The van der Waals surface area contributed by atoms with Gasteiger partial charge in [-0.1, -0.05) is 15.9 Å². The highest BCUT2D eigenvalue weighted by molar-refractivity contribution is 9.09. The van der Waals surface area contributed by atoms with Gasteiger partial charge in [0.1, 0.15) is 5.60 Å². The van der Waals surface area contributed by atoms with E-state index in [1.165, 1.54) is 0 Å². The number of carbonyl (C=O) groups is 2. The van der Waals surface area contributed by atoms with E-state index in [0.717, 1.165) is 37.7 Å². The summed E-state index contributed by atoms with van der Waals surface area (Å²) >= 11 is 3.48. The molecule has 2 amide bonds. The number of carbonyl (C=O) groups excluding carboxylic acids is 2. The van der Waals surface area contributed by atoms with Gasteiger partial charge in [-0.2, -0.15) is 0 Å². The highest BCUT2D eigenvalue weighted by Gasteiger charge is 2.36. The number of ether oxygens (including phenoxy) is 1. The Morgan fingerprint density at radius 3 is 2.64 bits per heavy atom. The molecule has 0 saturated carbocycles. The van der Waals surface area contributed by atoms with Crippen molar-refractivity contribution in [1.29, 1.82) is 0 Å². The molecule has 0 aliphatic carbocycles. The van der Waals surface area contributed by atoms with Gasteiger partial charge in [-0.05, 0) is 46.0 Å². The van der Waals surface area contributed by atoms with Crippen molar-refractivity contribution in [3.05, 3.63) is 0 Å². The number of halogens is 1. The fourth-order valence-corrected chi connectivity index (χ4v) is 3.56. The molecule has 2 aliphatic rings. The molecular weight excluding hydrogens is 348 g/mol. The summed E-state index contributed by atoms with van der Waals surface area (Å²) in [6.07, 6.45) is 3.35. The highest BCUT2D eigenvalue weighted by atomic mass is 79.9. The molecule has 0 bridgehead atoms. The third kappa shape index (κ3) is 4.61. The predicted octanol–water partition coefficient (Wildman–Crippen LogP) is 3.02. The van der Waals surface area contributed by atoms with Crippen LogP contribution in [0.2, 0.25) is 0 Å². The van der Waals surface area contributed by atoms with Crippen LogP contribution in [0.3, 0.4) is 0 Å². The first kappa shape index (κ1) is 17.6. The number of hydrogen-bond donors (Lipinski definition) is 0. The zero-order chi connectivity index (χ0) is 16.3. The molecule has 2 rings (SSSR count). The van der Waals surface area contributed by atoms with E-state index in [4.69, 9.17) is 4.74 Å². The molecule has 2 fully saturated rings. The predicted molar refractivity (Wildman–Crippen MR) is 89.1 cm³/mol. The average Bonchev–Trinajstić information content (AvgIpc) is 2.64. The maximum absolute atomic E-state index is 12.3. The monoisotopic (exact) mass is 374 g/mol. The fourth-order valence-electron chi connectivity index (χ4n) is 3.13. The Balaban J connectivity index is 2.01. The van der Waals surface area contributed by atoms with Crippen LogP contribution in [0.25, 0.3) is 0 Å². The van der Waals surface area contributed by atoms with Gasteiger partial charge in [0.05, 0.1) is 0 Å². The lowest BCUT2D eigenvalue weighted by atomic mass is 10.1. The number of hydrogen-bond acceptors (Lipinski definition) is 3. The van der Waals surface area contributed by atoms with E-state index in [9.17, 15) is 9.59 Å². The second-order valence-electron chi connectivity index (χ2n) is 7.35. The van der Waals surface area contributed by atoms with Crippen molar-refractivity contribution in [3.63, 3.8) is 0 Å². The van der Waals surface area contributed by atoms with Gasteiger partial charge < -0.3 is 14.5 Å². The average molecular weight is 375 g/mol. The minimum absolute atomic E-state index is 0.131. The summed E-state index contributed by atoms with van der Waals surface area (Å²) in [6, 6.07) is 0.131. The van der Waals surface area contributed by atoms with Crippen molar-refractivity contribution in [2.45, 2.75) is 58.1 Å². The molecule has 2 atom stereocenters. The van der Waals surface area contributed by atoms with Gasteiger partial charge in [-0.15, -0.1) is 0 Å². The van der Waals surface area contributed by atoms with Gasteiger partial charge in [-0.25, -0.2) is 4.79 Å². The molecule has 0 spiro atoms. The lowest BCUT2D eigenvalue weighted by molar-refractivity contribution is -0.130. The molecule has 2 unspecified atom stereocenters. The van der Waals surface area contributed by atoms with E-state index in [2.05, 4.69) is 15.9 Å². The Morgan fingerprint density at radius 1 is 1.32 bits per heavy atom. The van der Waals surface area contributed by atoms with Crippen LogP contribution < -0.4 is 0 Å². The van der Waals surface area contributed by atoms with Crippen molar-refractivity contribution in [2.75, 3.05) is 25.0 Å². The first-order chi connectivity index (χ1) is 10.3. The summed E-state index contributed by atoms with van der Waals surface area (Å²) in [5.41, 5.74) is -0.483. The van der Waals surface area contributed by atoms with Gasteiger partial charge >= 0.3 is 6.09 Å². The number of nitrogens with zero attached hydrogens (tertiary/aromatic N) is 2. The molecule has 22 heavy (non-hydrogen) atoms. The second-order valence-corrected chi connectivity index (χ2v) is 7.99. The molecule has 2 heterocycles. The SMILES string of the molecule is CC(C)(C)OC(=O)N1CCCCC(N2CC(CBr)CC2=O)C1. The third-order valence-corrected chi connectivity index (χ3v) is 5.11. The Labute approximate surface area is 141 Å². The summed E-state index contributed by atoms with van der Waals surface area (Å²) < 4.78 is 5.49. The zero-order valence-electron chi connectivity index (χ0n) is 13.8. The van der Waals surface area contributed by atoms with Gasteiger partial charge in [-0.3, -0.25) is 4.79 Å². The second kappa shape index (κ2) is 7.20. The summed E-state index contributed by atoms with van der Waals surface area (Å²) in [6.45, 7) is 7.75. The van der Waals surface area contributed by atoms with Crippen LogP contribution in [0, 0.1) is 5.92 Å². The van der Waals surface area contributed by atoms with E-state index in [1.807, 2.05) is 25.7 Å².